The van der Waals surface area contributed by atoms with Crippen LogP contribution in [0.2, 0.25) is 0 Å². The minimum atomic E-state index is -4.74. The number of aromatic nitrogens is 1. The lowest BCUT2D eigenvalue weighted by Gasteiger charge is -2.29. The Labute approximate surface area is 136 Å². The van der Waals surface area contributed by atoms with Crippen LogP contribution in [-0.4, -0.2) is 51.6 Å². The van der Waals surface area contributed by atoms with Gasteiger partial charge in [0.25, 0.3) is 0 Å². The number of aliphatic hydroxyl groups excluding tert-OH is 1. The standard InChI is InChI=1S/C14H18F3N3O2S/c1-2-23-11-6-5-9(8-18-11)19-13(22)20-7-3-4-10(20)12(21)14(15,16)17/h5-6,8,10,12,21H,2-4,7H2,1H3,(H,19,22). The van der Waals surface area contributed by atoms with E-state index < -0.39 is 24.4 Å². The maximum atomic E-state index is 12.7. The van der Waals surface area contributed by atoms with E-state index in [1.807, 2.05) is 6.92 Å². The van der Waals surface area contributed by atoms with E-state index in [4.69, 9.17) is 0 Å². The molecule has 23 heavy (non-hydrogen) atoms. The van der Waals surface area contributed by atoms with Crippen molar-refractivity contribution in [1.29, 1.82) is 0 Å². The van der Waals surface area contributed by atoms with Gasteiger partial charge in [-0.15, -0.1) is 11.8 Å². The van der Waals surface area contributed by atoms with Crippen LogP contribution in [0.25, 0.3) is 0 Å². The van der Waals surface area contributed by atoms with Crippen molar-refractivity contribution >= 4 is 23.5 Å². The van der Waals surface area contributed by atoms with Crippen molar-refractivity contribution in [2.45, 2.75) is 43.1 Å². The third-order valence-electron chi connectivity index (χ3n) is 3.54. The molecule has 0 aromatic carbocycles. The Hall–Kier alpha value is -1.48. The zero-order valence-corrected chi connectivity index (χ0v) is 13.3. The number of pyridine rings is 1. The van der Waals surface area contributed by atoms with Crippen molar-refractivity contribution in [2.75, 3.05) is 17.6 Å². The van der Waals surface area contributed by atoms with Gasteiger partial charge in [0.05, 0.1) is 23.0 Å². The minimum Gasteiger partial charge on any atom is -0.382 e. The molecule has 2 atom stereocenters. The molecule has 5 nitrogen and oxygen atoms in total. The molecule has 0 saturated carbocycles. The second-order valence-electron chi connectivity index (χ2n) is 5.14. The van der Waals surface area contributed by atoms with Crippen molar-refractivity contribution in [1.82, 2.24) is 9.88 Å². The lowest BCUT2D eigenvalue weighted by Crippen LogP contribution is -2.50. The van der Waals surface area contributed by atoms with E-state index in [0.29, 0.717) is 12.1 Å². The Morgan fingerprint density at radius 1 is 1.57 bits per heavy atom. The first kappa shape index (κ1) is 17.9. The number of hydrogen-bond acceptors (Lipinski definition) is 4. The molecule has 0 spiro atoms. The van der Waals surface area contributed by atoms with E-state index in [1.54, 1.807) is 23.9 Å². The fraction of sp³-hybridized carbons (Fsp3) is 0.571. The Kier molecular flexibility index (Phi) is 5.74. The Bertz CT molecular complexity index is 539. The smallest absolute Gasteiger partial charge is 0.382 e. The molecule has 128 valence electrons. The molecule has 1 saturated heterocycles. The summed E-state index contributed by atoms with van der Waals surface area (Å²) < 4.78 is 38.0. The largest absolute Gasteiger partial charge is 0.416 e. The third kappa shape index (κ3) is 4.51. The predicted molar refractivity (Wildman–Crippen MR) is 81.4 cm³/mol. The van der Waals surface area contributed by atoms with E-state index in [9.17, 15) is 23.1 Å². The quantitative estimate of drug-likeness (QED) is 0.820. The maximum absolute atomic E-state index is 12.7. The van der Waals surface area contributed by atoms with Gasteiger partial charge in [0.1, 0.15) is 0 Å². The summed E-state index contributed by atoms with van der Waals surface area (Å²) in [5, 5.41) is 12.7. The lowest BCUT2D eigenvalue weighted by atomic mass is 10.1. The average Bonchev–Trinajstić information content (AvgIpc) is 2.97. The van der Waals surface area contributed by atoms with Crippen molar-refractivity contribution in [2.24, 2.45) is 0 Å². The molecular weight excluding hydrogens is 331 g/mol. The Morgan fingerprint density at radius 3 is 2.87 bits per heavy atom. The van der Waals surface area contributed by atoms with E-state index in [1.165, 1.54) is 6.20 Å². The van der Waals surface area contributed by atoms with Gasteiger partial charge in [0.2, 0.25) is 0 Å². The monoisotopic (exact) mass is 349 g/mol. The van der Waals surface area contributed by atoms with Crippen LogP contribution in [0.15, 0.2) is 23.4 Å². The van der Waals surface area contributed by atoms with Gasteiger partial charge in [-0.1, -0.05) is 6.92 Å². The summed E-state index contributed by atoms with van der Waals surface area (Å²) in [4.78, 5) is 17.3. The topological polar surface area (TPSA) is 65.5 Å². The molecule has 1 aliphatic rings. The number of thioether (sulfide) groups is 1. The molecule has 2 N–H and O–H groups in total. The van der Waals surface area contributed by atoms with Crippen molar-refractivity contribution < 1.29 is 23.1 Å². The maximum Gasteiger partial charge on any atom is 0.416 e. The van der Waals surface area contributed by atoms with Gasteiger partial charge < -0.3 is 15.3 Å². The number of nitrogens with one attached hydrogen (secondary N) is 1. The fourth-order valence-electron chi connectivity index (χ4n) is 2.47. The number of aliphatic hydroxyl groups is 1. The molecule has 1 aromatic heterocycles. The molecule has 2 amide bonds. The van der Waals surface area contributed by atoms with Crippen LogP contribution >= 0.6 is 11.8 Å². The summed E-state index contributed by atoms with van der Waals surface area (Å²) in [6.07, 6.45) is -5.26. The highest BCUT2D eigenvalue weighted by Crippen LogP contribution is 2.31. The van der Waals surface area contributed by atoms with Gasteiger partial charge in [-0.2, -0.15) is 13.2 Å². The number of hydrogen-bond donors (Lipinski definition) is 2. The summed E-state index contributed by atoms with van der Waals surface area (Å²) in [7, 11) is 0. The van der Waals surface area contributed by atoms with Crippen LogP contribution in [0.4, 0.5) is 23.7 Å². The average molecular weight is 349 g/mol. The number of alkyl halides is 3. The van der Waals surface area contributed by atoms with Crippen LogP contribution < -0.4 is 5.32 Å². The summed E-state index contributed by atoms with van der Waals surface area (Å²) in [5.41, 5.74) is 0.405. The first-order chi connectivity index (χ1) is 10.8. The molecule has 0 bridgehead atoms. The molecule has 0 aliphatic carbocycles. The molecule has 2 unspecified atom stereocenters. The molecule has 1 fully saturated rings. The van der Waals surface area contributed by atoms with Crippen molar-refractivity contribution in [3.63, 3.8) is 0 Å². The zero-order chi connectivity index (χ0) is 17.0. The number of halogens is 3. The Morgan fingerprint density at radius 2 is 2.30 bits per heavy atom. The minimum absolute atomic E-state index is 0.123. The zero-order valence-electron chi connectivity index (χ0n) is 12.5. The summed E-state index contributed by atoms with van der Waals surface area (Å²) in [6, 6.07) is 1.47. The normalized spacial score (nSPS) is 19.7. The number of urea groups is 1. The van der Waals surface area contributed by atoms with E-state index in [0.717, 1.165) is 15.7 Å². The van der Waals surface area contributed by atoms with Crippen LogP contribution in [0.1, 0.15) is 19.8 Å². The molecule has 2 heterocycles. The first-order valence-electron chi connectivity index (χ1n) is 7.24. The van der Waals surface area contributed by atoms with Crippen LogP contribution in [0.5, 0.6) is 0 Å². The molecule has 1 aromatic rings. The highest BCUT2D eigenvalue weighted by molar-refractivity contribution is 7.99. The van der Waals surface area contributed by atoms with Gasteiger partial charge in [-0.3, -0.25) is 0 Å². The van der Waals surface area contributed by atoms with E-state index in [-0.39, 0.29) is 13.0 Å². The number of likely N-dealkylation sites (tertiary alicyclic amines) is 1. The number of nitrogens with zero attached hydrogens (tertiary/aromatic N) is 2. The molecule has 0 radical (unpaired) electrons. The van der Waals surface area contributed by atoms with Crippen LogP contribution in [0, 0.1) is 0 Å². The summed E-state index contributed by atoms with van der Waals surface area (Å²) in [6.45, 7) is 2.17. The van der Waals surface area contributed by atoms with Gasteiger partial charge in [-0.25, -0.2) is 9.78 Å². The van der Waals surface area contributed by atoms with Gasteiger partial charge in [0, 0.05) is 6.54 Å². The van der Waals surface area contributed by atoms with E-state index in [2.05, 4.69) is 10.3 Å². The highest BCUT2D eigenvalue weighted by atomic mass is 32.2. The fourth-order valence-corrected chi connectivity index (χ4v) is 3.06. The van der Waals surface area contributed by atoms with Crippen molar-refractivity contribution in [3.05, 3.63) is 18.3 Å². The van der Waals surface area contributed by atoms with Gasteiger partial charge >= 0.3 is 12.2 Å². The molecule has 1 aliphatic heterocycles. The predicted octanol–water partition coefficient (Wildman–Crippen LogP) is 3.11. The molecule has 2 rings (SSSR count). The van der Waals surface area contributed by atoms with E-state index >= 15 is 0 Å². The first-order valence-corrected chi connectivity index (χ1v) is 8.22. The molecule has 9 heteroatoms. The lowest BCUT2D eigenvalue weighted by molar-refractivity contribution is -0.216. The number of carbonyl (C=O) groups is 1. The Balaban J connectivity index is 2.01. The van der Waals surface area contributed by atoms with Gasteiger partial charge in [-0.05, 0) is 30.7 Å². The number of rotatable bonds is 4. The second-order valence-corrected chi connectivity index (χ2v) is 6.42. The SMILES string of the molecule is CCSc1ccc(NC(=O)N2CCCC2C(O)C(F)(F)F)cn1. The highest BCUT2D eigenvalue weighted by Gasteiger charge is 2.48. The summed E-state index contributed by atoms with van der Waals surface area (Å²) >= 11 is 1.54. The number of anilines is 1. The number of amides is 2. The second kappa shape index (κ2) is 7.39. The third-order valence-corrected chi connectivity index (χ3v) is 4.37. The van der Waals surface area contributed by atoms with Crippen LogP contribution in [0.3, 0.4) is 0 Å². The van der Waals surface area contributed by atoms with Gasteiger partial charge in [0.15, 0.2) is 6.10 Å². The molecular formula is C14H18F3N3O2S. The van der Waals surface area contributed by atoms with Crippen LogP contribution in [-0.2, 0) is 0 Å². The van der Waals surface area contributed by atoms with Crippen molar-refractivity contribution in [3.8, 4) is 0 Å². The summed E-state index contributed by atoms with van der Waals surface area (Å²) in [5.74, 6) is 0.865. The number of carbonyl (C=O) groups excluding carboxylic acids is 1.